The molecule has 88 valence electrons. The van der Waals surface area contributed by atoms with E-state index in [1.54, 1.807) is 7.05 Å². The van der Waals surface area contributed by atoms with Crippen LogP contribution in [0.1, 0.15) is 34.7 Å². The number of carbonyl (C=O) groups excluding carboxylic acids is 1. The van der Waals surface area contributed by atoms with Crippen LogP contribution in [0.3, 0.4) is 0 Å². The number of likely N-dealkylation sites (N-methyl/N-ethyl adjacent to an activating group) is 1. The average molecular weight is 224 g/mol. The average Bonchev–Trinajstić information content (AvgIpc) is 2.72. The molecule has 5 nitrogen and oxygen atoms in total. The summed E-state index contributed by atoms with van der Waals surface area (Å²) in [7, 11) is 1.66. The zero-order chi connectivity index (χ0) is 11.5. The molecule has 1 heterocycles. The first kappa shape index (κ1) is 11.1. The maximum Gasteiger partial charge on any atom is 0.276 e. The number of carbonyl (C=O) groups is 1. The zero-order valence-corrected chi connectivity index (χ0v) is 9.40. The van der Waals surface area contributed by atoms with Crippen molar-refractivity contribution in [2.24, 2.45) is 0 Å². The van der Waals surface area contributed by atoms with Crippen molar-refractivity contribution < 1.29 is 14.4 Å². The van der Waals surface area contributed by atoms with Crippen LogP contribution < -0.4 is 0 Å². The number of aliphatic hydroxyl groups is 1. The minimum atomic E-state index is -0.166. The van der Waals surface area contributed by atoms with Crippen LogP contribution in [0.5, 0.6) is 0 Å². The summed E-state index contributed by atoms with van der Waals surface area (Å²) in [6.45, 7) is 0.281. The highest BCUT2D eigenvalue weighted by Crippen LogP contribution is 2.24. The van der Waals surface area contributed by atoms with Crippen LogP contribution in [0.15, 0.2) is 4.52 Å². The Morgan fingerprint density at radius 2 is 2.25 bits per heavy atom. The lowest BCUT2D eigenvalue weighted by Gasteiger charge is -2.15. The lowest BCUT2D eigenvalue weighted by molar-refractivity contribution is 0.0756. The summed E-state index contributed by atoms with van der Waals surface area (Å²) >= 11 is 0. The van der Waals surface area contributed by atoms with E-state index < -0.39 is 0 Å². The number of aromatic nitrogens is 1. The third-order valence-electron chi connectivity index (χ3n) is 2.93. The molecule has 1 aromatic heterocycles. The summed E-state index contributed by atoms with van der Waals surface area (Å²) in [5.41, 5.74) is 1.38. The van der Waals surface area contributed by atoms with Crippen molar-refractivity contribution in [3.8, 4) is 0 Å². The minimum absolute atomic E-state index is 0.0394. The Morgan fingerprint density at radius 3 is 3.00 bits per heavy atom. The maximum absolute atomic E-state index is 12.0. The van der Waals surface area contributed by atoms with Gasteiger partial charge < -0.3 is 14.5 Å². The zero-order valence-electron chi connectivity index (χ0n) is 9.40. The molecule has 0 aliphatic heterocycles. The third-order valence-corrected chi connectivity index (χ3v) is 2.93. The fourth-order valence-corrected chi connectivity index (χ4v) is 1.99. The number of aliphatic hydroxyl groups excluding tert-OH is 1. The number of rotatable bonds is 3. The van der Waals surface area contributed by atoms with Crippen molar-refractivity contribution in [1.29, 1.82) is 0 Å². The number of hydrogen-bond donors (Lipinski definition) is 1. The van der Waals surface area contributed by atoms with Gasteiger partial charge >= 0.3 is 0 Å². The van der Waals surface area contributed by atoms with E-state index >= 15 is 0 Å². The molecule has 0 aromatic carbocycles. The summed E-state index contributed by atoms with van der Waals surface area (Å²) in [6, 6.07) is 0. The number of fused-ring (bicyclic) bond motifs is 1. The quantitative estimate of drug-likeness (QED) is 0.817. The van der Waals surface area contributed by atoms with Gasteiger partial charge in [-0.25, -0.2) is 0 Å². The van der Waals surface area contributed by atoms with E-state index in [-0.39, 0.29) is 12.5 Å². The van der Waals surface area contributed by atoms with Gasteiger partial charge in [0.05, 0.1) is 6.61 Å². The predicted octanol–water partition coefficient (Wildman–Crippen LogP) is 0.618. The molecular weight excluding hydrogens is 208 g/mol. The molecule has 0 saturated carbocycles. The lowest BCUT2D eigenvalue weighted by Crippen LogP contribution is -2.30. The van der Waals surface area contributed by atoms with Gasteiger partial charge in [-0.15, -0.1) is 0 Å². The minimum Gasteiger partial charge on any atom is -0.395 e. The fraction of sp³-hybridized carbons (Fsp3) is 0.636. The van der Waals surface area contributed by atoms with Crippen molar-refractivity contribution in [1.82, 2.24) is 10.1 Å². The first-order valence-corrected chi connectivity index (χ1v) is 5.57. The van der Waals surface area contributed by atoms with Gasteiger partial charge in [-0.05, 0) is 19.3 Å². The summed E-state index contributed by atoms with van der Waals surface area (Å²) in [6.07, 6.45) is 3.92. The van der Waals surface area contributed by atoms with Crippen LogP contribution in [0.2, 0.25) is 0 Å². The third kappa shape index (κ3) is 1.95. The van der Waals surface area contributed by atoms with Gasteiger partial charge in [0, 0.05) is 25.6 Å². The molecule has 1 aliphatic rings. The van der Waals surface area contributed by atoms with E-state index in [9.17, 15) is 4.79 Å². The summed E-state index contributed by atoms with van der Waals surface area (Å²) < 4.78 is 5.18. The fourth-order valence-electron chi connectivity index (χ4n) is 1.99. The van der Waals surface area contributed by atoms with E-state index in [0.29, 0.717) is 12.2 Å². The van der Waals surface area contributed by atoms with E-state index in [0.717, 1.165) is 37.0 Å². The van der Waals surface area contributed by atoms with Crippen molar-refractivity contribution in [2.75, 3.05) is 20.2 Å². The Kier molecular flexibility index (Phi) is 3.24. The van der Waals surface area contributed by atoms with Gasteiger partial charge in [0.1, 0.15) is 5.76 Å². The van der Waals surface area contributed by atoms with Crippen molar-refractivity contribution in [2.45, 2.75) is 25.7 Å². The molecule has 1 amide bonds. The van der Waals surface area contributed by atoms with Crippen LogP contribution in [0.4, 0.5) is 0 Å². The Bertz CT molecular complexity index is 387. The molecule has 1 aromatic rings. The molecule has 0 spiro atoms. The van der Waals surface area contributed by atoms with E-state index in [1.165, 1.54) is 4.90 Å². The topological polar surface area (TPSA) is 66.6 Å². The lowest BCUT2D eigenvalue weighted by atomic mass is 9.96. The summed E-state index contributed by atoms with van der Waals surface area (Å²) in [4.78, 5) is 13.4. The summed E-state index contributed by atoms with van der Waals surface area (Å²) in [5.74, 6) is 0.688. The SMILES string of the molecule is CN(CCO)C(=O)c1noc2c1CCCC2. The highest BCUT2D eigenvalue weighted by atomic mass is 16.5. The maximum atomic E-state index is 12.0. The first-order valence-electron chi connectivity index (χ1n) is 5.57. The second-order valence-electron chi connectivity index (χ2n) is 4.09. The number of nitrogens with zero attached hydrogens (tertiary/aromatic N) is 2. The molecule has 1 N–H and O–H groups in total. The Hall–Kier alpha value is -1.36. The molecule has 2 rings (SSSR count). The molecular formula is C11H16N2O3. The molecule has 0 saturated heterocycles. The van der Waals surface area contributed by atoms with Crippen LogP contribution in [-0.4, -0.2) is 41.3 Å². The van der Waals surface area contributed by atoms with Crippen molar-refractivity contribution in [3.63, 3.8) is 0 Å². The largest absolute Gasteiger partial charge is 0.395 e. The second kappa shape index (κ2) is 4.65. The Morgan fingerprint density at radius 1 is 1.50 bits per heavy atom. The predicted molar refractivity (Wildman–Crippen MR) is 57.2 cm³/mol. The smallest absolute Gasteiger partial charge is 0.276 e. The molecule has 16 heavy (non-hydrogen) atoms. The van der Waals surface area contributed by atoms with Gasteiger partial charge in [-0.1, -0.05) is 5.16 Å². The second-order valence-corrected chi connectivity index (χ2v) is 4.09. The Labute approximate surface area is 94.0 Å². The summed E-state index contributed by atoms with van der Waals surface area (Å²) in [5, 5.41) is 12.6. The van der Waals surface area contributed by atoms with Crippen molar-refractivity contribution >= 4 is 5.91 Å². The molecule has 0 radical (unpaired) electrons. The van der Waals surface area contributed by atoms with Crippen LogP contribution in [0.25, 0.3) is 0 Å². The van der Waals surface area contributed by atoms with E-state index in [4.69, 9.17) is 9.63 Å². The van der Waals surface area contributed by atoms with E-state index in [1.807, 2.05) is 0 Å². The van der Waals surface area contributed by atoms with Gasteiger partial charge in [0.25, 0.3) is 5.91 Å². The van der Waals surface area contributed by atoms with Gasteiger partial charge in [0.15, 0.2) is 5.69 Å². The highest BCUT2D eigenvalue weighted by Gasteiger charge is 2.25. The first-order chi connectivity index (χ1) is 7.74. The molecule has 5 heteroatoms. The van der Waals surface area contributed by atoms with Gasteiger partial charge in [-0.2, -0.15) is 0 Å². The molecule has 0 bridgehead atoms. The molecule has 0 atom stereocenters. The monoisotopic (exact) mass is 224 g/mol. The number of amides is 1. The molecule has 0 unspecified atom stereocenters. The van der Waals surface area contributed by atoms with Gasteiger partial charge in [0.2, 0.25) is 0 Å². The van der Waals surface area contributed by atoms with E-state index in [2.05, 4.69) is 5.16 Å². The highest BCUT2D eigenvalue weighted by molar-refractivity contribution is 5.93. The number of hydrogen-bond acceptors (Lipinski definition) is 4. The normalized spacial score (nSPS) is 14.6. The molecule has 1 aliphatic carbocycles. The van der Waals surface area contributed by atoms with Crippen LogP contribution in [0, 0.1) is 0 Å². The number of aryl methyl sites for hydroxylation is 1. The van der Waals surface area contributed by atoms with Gasteiger partial charge in [-0.3, -0.25) is 4.79 Å². The Balaban J connectivity index is 2.20. The van der Waals surface area contributed by atoms with Crippen LogP contribution >= 0.6 is 0 Å². The van der Waals surface area contributed by atoms with Crippen molar-refractivity contribution in [3.05, 3.63) is 17.0 Å². The van der Waals surface area contributed by atoms with Crippen LogP contribution in [-0.2, 0) is 12.8 Å². The standard InChI is InChI=1S/C11H16N2O3/c1-13(6-7-14)11(15)10-8-4-2-3-5-9(8)16-12-10/h14H,2-7H2,1H3. The molecule has 0 fully saturated rings.